The lowest BCUT2D eigenvalue weighted by molar-refractivity contribution is 0.0696. The maximum absolute atomic E-state index is 11.1. The molecule has 1 aromatic heterocycles. The summed E-state index contributed by atoms with van der Waals surface area (Å²) in [6, 6.07) is 3.45. The number of hydrogen-bond acceptors (Lipinski definition) is 2. The van der Waals surface area contributed by atoms with Crippen LogP contribution in [0.25, 0.3) is 10.9 Å². The van der Waals surface area contributed by atoms with Crippen molar-refractivity contribution in [1.82, 2.24) is 4.57 Å². The second kappa shape index (κ2) is 5.26. The molecule has 0 aliphatic heterocycles. The number of hydrogen-bond donors (Lipinski definition) is 1. The number of carbonyl (C=O) groups excluding carboxylic acids is 1. The van der Waals surface area contributed by atoms with E-state index in [0.717, 1.165) is 31.2 Å². The highest BCUT2D eigenvalue weighted by atomic mass is 16.4. The molecule has 0 spiro atoms. The largest absolute Gasteiger partial charge is 0.478 e. The highest BCUT2D eigenvalue weighted by Gasteiger charge is 2.14. The monoisotopic (exact) mass is 259 g/mol. The Morgan fingerprint density at radius 2 is 2.16 bits per heavy atom. The minimum atomic E-state index is -0.961. The van der Waals surface area contributed by atoms with E-state index >= 15 is 0 Å². The summed E-state index contributed by atoms with van der Waals surface area (Å²) in [5, 5.41) is 9.86. The number of fused-ring (bicyclic) bond motifs is 1. The summed E-state index contributed by atoms with van der Waals surface area (Å²) < 4.78 is 2.03. The number of rotatable bonds is 5. The lowest BCUT2D eigenvalue weighted by Gasteiger charge is -2.06. The molecule has 0 bridgehead atoms. The number of aldehydes is 1. The molecule has 0 saturated heterocycles. The van der Waals surface area contributed by atoms with Crippen molar-refractivity contribution in [3.8, 4) is 0 Å². The third-order valence-electron chi connectivity index (χ3n) is 3.37. The molecule has 0 aliphatic rings. The Bertz CT molecular complexity index is 640. The van der Waals surface area contributed by atoms with Crippen molar-refractivity contribution >= 4 is 23.2 Å². The predicted octanol–water partition coefficient (Wildman–Crippen LogP) is 3.26. The molecule has 100 valence electrons. The Morgan fingerprint density at radius 1 is 1.42 bits per heavy atom. The minimum absolute atomic E-state index is 0.254. The smallest absolute Gasteiger partial charge is 0.335 e. The van der Waals surface area contributed by atoms with Crippen molar-refractivity contribution in [2.24, 2.45) is 0 Å². The lowest BCUT2D eigenvalue weighted by Crippen LogP contribution is -2.01. The average molecular weight is 259 g/mol. The van der Waals surface area contributed by atoms with Crippen LogP contribution in [0.2, 0.25) is 0 Å². The minimum Gasteiger partial charge on any atom is -0.478 e. The summed E-state index contributed by atoms with van der Waals surface area (Å²) in [7, 11) is 0. The molecule has 0 fully saturated rings. The van der Waals surface area contributed by atoms with Gasteiger partial charge in [0.25, 0.3) is 0 Å². The zero-order valence-corrected chi connectivity index (χ0v) is 11.1. The molecule has 0 saturated carbocycles. The molecule has 0 aliphatic carbocycles. The fourth-order valence-corrected chi connectivity index (χ4v) is 2.31. The summed E-state index contributed by atoms with van der Waals surface area (Å²) in [6.07, 6.45) is 4.69. The van der Waals surface area contributed by atoms with E-state index in [1.165, 1.54) is 0 Å². The van der Waals surface area contributed by atoms with E-state index in [4.69, 9.17) is 5.11 Å². The molecule has 19 heavy (non-hydrogen) atoms. The molecule has 0 amide bonds. The van der Waals surface area contributed by atoms with Gasteiger partial charge < -0.3 is 9.67 Å². The van der Waals surface area contributed by atoms with Crippen LogP contribution in [0.1, 0.15) is 46.0 Å². The van der Waals surface area contributed by atoms with Gasteiger partial charge in [-0.05, 0) is 31.0 Å². The van der Waals surface area contributed by atoms with Gasteiger partial charge in [-0.3, -0.25) is 4.79 Å². The average Bonchev–Trinajstić information content (AvgIpc) is 2.72. The first-order chi connectivity index (χ1) is 9.08. The first-order valence-electron chi connectivity index (χ1n) is 6.40. The summed E-state index contributed by atoms with van der Waals surface area (Å²) >= 11 is 0. The second-order valence-electron chi connectivity index (χ2n) is 4.74. The van der Waals surface area contributed by atoms with E-state index in [1.54, 1.807) is 19.2 Å². The van der Waals surface area contributed by atoms with Crippen LogP contribution in [0, 0.1) is 6.92 Å². The molecular formula is C15H17NO3. The number of nitrogens with zero attached hydrogens (tertiary/aromatic N) is 1. The Labute approximate surface area is 111 Å². The van der Waals surface area contributed by atoms with Crippen LogP contribution in [0.5, 0.6) is 0 Å². The van der Waals surface area contributed by atoms with E-state index in [0.29, 0.717) is 16.5 Å². The number of carboxylic acid groups (broad SMARTS) is 1. The third kappa shape index (κ3) is 2.38. The molecule has 1 heterocycles. The van der Waals surface area contributed by atoms with Gasteiger partial charge in [0.1, 0.15) is 0 Å². The van der Waals surface area contributed by atoms with Crippen LogP contribution in [0.4, 0.5) is 0 Å². The van der Waals surface area contributed by atoms with E-state index < -0.39 is 5.97 Å². The standard InChI is InChI=1S/C15H17NO3/c1-3-4-5-16-8-11(9-17)13-7-12(15(18)19)10(2)6-14(13)16/h6-9H,3-5H2,1-2H3,(H,18,19). The van der Waals surface area contributed by atoms with E-state index in [-0.39, 0.29) is 5.56 Å². The molecular weight excluding hydrogens is 242 g/mol. The van der Waals surface area contributed by atoms with Crippen LogP contribution in [-0.2, 0) is 6.54 Å². The van der Waals surface area contributed by atoms with Crippen molar-refractivity contribution < 1.29 is 14.7 Å². The van der Waals surface area contributed by atoms with Gasteiger partial charge in [0.05, 0.1) is 5.56 Å². The number of unbranched alkanes of at least 4 members (excludes halogenated alkanes) is 1. The van der Waals surface area contributed by atoms with Gasteiger partial charge in [-0.2, -0.15) is 0 Å². The zero-order valence-electron chi connectivity index (χ0n) is 11.1. The summed E-state index contributed by atoms with van der Waals surface area (Å²) in [5.74, 6) is -0.961. The summed E-state index contributed by atoms with van der Waals surface area (Å²) in [4.78, 5) is 22.3. The van der Waals surface area contributed by atoms with Crippen LogP contribution >= 0.6 is 0 Å². The molecule has 1 N–H and O–H groups in total. The van der Waals surface area contributed by atoms with Crippen LogP contribution in [0.3, 0.4) is 0 Å². The van der Waals surface area contributed by atoms with Gasteiger partial charge in [0.15, 0.2) is 6.29 Å². The Balaban J connectivity index is 2.65. The van der Waals surface area contributed by atoms with Gasteiger partial charge in [0, 0.05) is 29.2 Å². The number of aryl methyl sites for hydroxylation is 2. The maximum Gasteiger partial charge on any atom is 0.335 e. The molecule has 1 aromatic carbocycles. The zero-order chi connectivity index (χ0) is 14.0. The number of benzene rings is 1. The molecule has 2 aromatic rings. The normalized spacial score (nSPS) is 10.8. The van der Waals surface area contributed by atoms with E-state index in [2.05, 4.69) is 6.92 Å². The lowest BCUT2D eigenvalue weighted by atomic mass is 10.0. The van der Waals surface area contributed by atoms with Crippen LogP contribution < -0.4 is 0 Å². The molecule has 4 nitrogen and oxygen atoms in total. The first kappa shape index (κ1) is 13.3. The number of carboxylic acids is 1. The molecule has 2 rings (SSSR count). The second-order valence-corrected chi connectivity index (χ2v) is 4.74. The molecule has 0 unspecified atom stereocenters. The van der Waals surface area contributed by atoms with Crippen molar-refractivity contribution in [3.05, 3.63) is 35.0 Å². The molecule has 0 radical (unpaired) electrons. The van der Waals surface area contributed by atoms with Crippen molar-refractivity contribution in [1.29, 1.82) is 0 Å². The van der Waals surface area contributed by atoms with Crippen molar-refractivity contribution in [3.63, 3.8) is 0 Å². The van der Waals surface area contributed by atoms with Gasteiger partial charge >= 0.3 is 5.97 Å². The quantitative estimate of drug-likeness (QED) is 0.838. The van der Waals surface area contributed by atoms with Gasteiger partial charge in [0.2, 0.25) is 0 Å². The summed E-state index contributed by atoms with van der Waals surface area (Å²) in [6.45, 7) is 4.73. The Morgan fingerprint density at radius 3 is 2.74 bits per heavy atom. The maximum atomic E-state index is 11.1. The predicted molar refractivity (Wildman–Crippen MR) is 73.9 cm³/mol. The topological polar surface area (TPSA) is 59.3 Å². The molecule has 0 atom stereocenters. The van der Waals surface area contributed by atoms with Gasteiger partial charge in [-0.15, -0.1) is 0 Å². The van der Waals surface area contributed by atoms with E-state index in [9.17, 15) is 9.59 Å². The fraction of sp³-hybridized carbons (Fsp3) is 0.333. The first-order valence-corrected chi connectivity index (χ1v) is 6.40. The number of aromatic nitrogens is 1. The summed E-state index contributed by atoms with van der Waals surface area (Å²) in [5.41, 5.74) is 2.45. The Hall–Kier alpha value is -2.10. The number of aromatic carboxylic acids is 1. The highest BCUT2D eigenvalue weighted by Crippen LogP contribution is 2.25. The SMILES string of the molecule is CCCCn1cc(C=O)c2cc(C(=O)O)c(C)cc21. The fourth-order valence-electron chi connectivity index (χ4n) is 2.31. The van der Waals surface area contributed by atoms with E-state index in [1.807, 2.05) is 10.6 Å². The van der Waals surface area contributed by atoms with Crippen molar-refractivity contribution in [2.45, 2.75) is 33.2 Å². The number of carbonyl (C=O) groups is 2. The van der Waals surface area contributed by atoms with Gasteiger partial charge in [-0.25, -0.2) is 4.79 Å². The third-order valence-corrected chi connectivity index (χ3v) is 3.37. The van der Waals surface area contributed by atoms with Crippen LogP contribution in [-0.4, -0.2) is 21.9 Å². The Kier molecular flexibility index (Phi) is 3.69. The van der Waals surface area contributed by atoms with Crippen molar-refractivity contribution in [2.75, 3.05) is 0 Å². The van der Waals surface area contributed by atoms with Gasteiger partial charge in [-0.1, -0.05) is 13.3 Å². The highest BCUT2D eigenvalue weighted by molar-refractivity contribution is 6.02. The van der Waals surface area contributed by atoms with Crippen LogP contribution in [0.15, 0.2) is 18.3 Å². The molecule has 4 heteroatoms.